The van der Waals surface area contributed by atoms with Crippen LogP contribution < -0.4 is 9.30 Å². The van der Waals surface area contributed by atoms with E-state index in [-0.39, 0.29) is 0 Å². The number of hydrogen-bond donors (Lipinski definition) is 1. The maximum absolute atomic E-state index is 9.67. The van der Waals surface area contributed by atoms with E-state index in [0.717, 1.165) is 17.9 Å². The number of nitrogens with zero attached hydrogens (tertiary/aromatic N) is 1. The van der Waals surface area contributed by atoms with E-state index < -0.39 is 6.10 Å². The molecule has 94 valence electrons. The van der Waals surface area contributed by atoms with Gasteiger partial charge in [-0.2, -0.15) is 4.57 Å². The summed E-state index contributed by atoms with van der Waals surface area (Å²) in [6.45, 7) is 2.51. The normalized spacial score (nSPS) is 12.2. The molecule has 0 fully saturated rings. The molecule has 0 saturated carbocycles. The van der Waals surface area contributed by atoms with Crippen molar-refractivity contribution in [1.82, 2.24) is 0 Å². The first-order valence-corrected chi connectivity index (χ1v) is 5.99. The average molecular weight is 244 g/mol. The Morgan fingerprint density at radius 1 is 1.22 bits per heavy atom. The first-order valence-electron chi connectivity index (χ1n) is 5.99. The summed E-state index contributed by atoms with van der Waals surface area (Å²) in [5.41, 5.74) is 2.07. The maximum atomic E-state index is 9.67. The monoisotopic (exact) mass is 244 g/mol. The molecular formula is C15H18NO2+. The van der Waals surface area contributed by atoms with E-state index in [0.29, 0.717) is 0 Å². The highest BCUT2D eigenvalue weighted by molar-refractivity contribution is 5.22. The van der Waals surface area contributed by atoms with Crippen molar-refractivity contribution < 1.29 is 14.4 Å². The van der Waals surface area contributed by atoms with Gasteiger partial charge in [-0.25, -0.2) is 0 Å². The lowest BCUT2D eigenvalue weighted by Crippen LogP contribution is -2.34. The van der Waals surface area contributed by atoms with Crippen molar-refractivity contribution >= 4 is 0 Å². The second kappa shape index (κ2) is 5.65. The molecule has 1 N–H and O–H groups in total. The first-order chi connectivity index (χ1) is 8.69. The molecule has 0 bridgehead atoms. The van der Waals surface area contributed by atoms with E-state index in [2.05, 4.69) is 12.1 Å². The van der Waals surface area contributed by atoms with Crippen molar-refractivity contribution in [2.75, 3.05) is 7.11 Å². The number of rotatable bonds is 4. The van der Waals surface area contributed by atoms with Gasteiger partial charge in [0.2, 0.25) is 6.20 Å². The highest BCUT2D eigenvalue weighted by Gasteiger charge is 2.12. The highest BCUT2D eigenvalue weighted by atomic mass is 16.5. The van der Waals surface area contributed by atoms with Crippen molar-refractivity contribution in [2.24, 2.45) is 0 Å². The zero-order chi connectivity index (χ0) is 13.0. The second-order valence-electron chi connectivity index (χ2n) is 4.34. The van der Waals surface area contributed by atoms with Gasteiger partial charge in [0, 0.05) is 11.1 Å². The molecule has 1 heterocycles. The molecule has 3 nitrogen and oxygen atoms in total. The lowest BCUT2D eigenvalue weighted by atomic mass is 10.1. The largest absolute Gasteiger partial charge is 0.491 e. The van der Waals surface area contributed by atoms with Gasteiger partial charge in [0.15, 0.2) is 18.5 Å². The molecule has 0 radical (unpaired) electrons. The van der Waals surface area contributed by atoms with Gasteiger partial charge in [-0.05, 0) is 13.0 Å². The number of hydrogen-bond acceptors (Lipinski definition) is 2. The van der Waals surface area contributed by atoms with Crippen LogP contribution in [0.15, 0.2) is 48.8 Å². The molecule has 2 aromatic rings. The second-order valence-corrected chi connectivity index (χ2v) is 4.34. The van der Waals surface area contributed by atoms with E-state index in [9.17, 15) is 5.11 Å². The SMILES string of the molecule is COc1cc([C@H](C)O)c[n+](Cc2ccccc2)c1. The fraction of sp³-hybridized carbons (Fsp3) is 0.267. The van der Waals surface area contributed by atoms with E-state index in [1.165, 1.54) is 5.56 Å². The Hall–Kier alpha value is -1.87. The molecule has 1 aromatic heterocycles. The van der Waals surface area contributed by atoms with Crippen molar-refractivity contribution in [3.8, 4) is 5.75 Å². The van der Waals surface area contributed by atoms with Crippen molar-refractivity contribution in [1.29, 1.82) is 0 Å². The Kier molecular flexibility index (Phi) is 3.95. The lowest BCUT2D eigenvalue weighted by Gasteiger charge is -2.06. The maximum Gasteiger partial charge on any atom is 0.211 e. The van der Waals surface area contributed by atoms with Gasteiger partial charge >= 0.3 is 0 Å². The fourth-order valence-electron chi connectivity index (χ4n) is 1.86. The van der Waals surface area contributed by atoms with Crippen molar-refractivity contribution in [2.45, 2.75) is 19.6 Å². The molecule has 18 heavy (non-hydrogen) atoms. The van der Waals surface area contributed by atoms with Gasteiger partial charge in [0.05, 0.1) is 13.2 Å². The Morgan fingerprint density at radius 2 is 1.94 bits per heavy atom. The van der Waals surface area contributed by atoms with Crippen LogP contribution in [0.1, 0.15) is 24.2 Å². The minimum atomic E-state index is -0.498. The van der Waals surface area contributed by atoms with E-state index in [1.54, 1.807) is 14.0 Å². The average Bonchev–Trinajstić information content (AvgIpc) is 2.39. The smallest absolute Gasteiger partial charge is 0.211 e. The molecule has 0 saturated heterocycles. The zero-order valence-corrected chi connectivity index (χ0v) is 10.7. The van der Waals surface area contributed by atoms with E-state index in [1.807, 2.05) is 41.2 Å². The molecule has 0 aliphatic carbocycles. The van der Waals surface area contributed by atoms with Crippen LogP contribution in [0.4, 0.5) is 0 Å². The van der Waals surface area contributed by atoms with Crippen LogP contribution in [0.3, 0.4) is 0 Å². The van der Waals surface area contributed by atoms with Gasteiger partial charge in [-0.15, -0.1) is 0 Å². The van der Waals surface area contributed by atoms with Crippen molar-refractivity contribution in [3.63, 3.8) is 0 Å². The zero-order valence-electron chi connectivity index (χ0n) is 10.7. The molecule has 1 aromatic carbocycles. The highest BCUT2D eigenvalue weighted by Crippen LogP contribution is 2.16. The molecule has 0 amide bonds. The van der Waals surface area contributed by atoms with E-state index in [4.69, 9.17) is 4.74 Å². The Morgan fingerprint density at radius 3 is 2.56 bits per heavy atom. The van der Waals surface area contributed by atoms with Gasteiger partial charge in [-0.1, -0.05) is 30.3 Å². The number of pyridine rings is 1. The Balaban J connectivity index is 2.30. The Bertz CT molecular complexity index is 509. The summed E-state index contributed by atoms with van der Waals surface area (Å²) < 4.78 is 7.28. The molecule has 0 aliphatic rings. The van der Waals surface area contributed by atoms with Crippen LogP contribution in [0.5, 0.6) is 5.75 Å². The summed E-state index contributed by atoms with van der Waals surface area (Å²) in [5.74, 6) is 0.754. The minimum Gasteiger partial charge on any atom is -0.491 e. The molecule has 0 spiro atoms. The van der Waals surface area contributed by atoms with Gasteiger partial charge in [0.25, 0.3) is 0 Å². The number of aliphatic hydroxyl groups excluding tert-OH is 1. The number of benzene rings is 1. The van der Waals surface area contributed by atoms with Gasteiger partial charge in [-0.3, -0.25) is 0 Å². The summed E-state index contributed by atoms with van der Waals surface area (Å²) in [4.78, 5) is 0. The number of methoxy groups -OCH3 is 1. The van der Waals surface area contributed by atoms with Crippen LogP contribution in [0.2, 0.25) is 0 Å². The molecule has 0 unspecified atom stereocenters. The number of aliphatic hydroxyl groups is 1. The van der Waals surface area contributed by atoms with Crippen LogP contribution in [0, 0.1) is 0 Å². The Labute approximate surface area is 107 Å². The fourth-order valence-corrected chi connectivity index (χ4v) is 1.86. The third-order valence-corrected chi connectivity index (χ3v) is 2.84. The topological polar surface area (TPSA) is 33.3 Å². The summed E-state index contributed by atoms with van der Waals surface area (Å²) in [6, 6.07) is 12.0. The van der Waals surface area contributed by atoms with E-state index >= 15 is 0 Å². The third kappa shape index (κ3) is 3.08. The first kappa shape index (κ1) is 12.6. The molecule has 3 heteroatoms. The number of ether oxygens (including phenoxy) is 1. The van der Waals surface area contributed by atoms with Crippen LogP contribution in [0.25, 0.3) is 0 Å². The van der Waals surface area contributed by atoms with Gasteiger partial charge in [0.1, 0.15) is 0 Å². The van der Waals surface area contributed by atoms with Crippen LogP contribution >= 0.6 is 0 Å². The summed E-state index contributed by atoms with van der Waals surface area (Å²) in [7, 11) is 1.63. The third-order valence-electron chi connectivity index (χ3n) is 2.84. The molecule has 1 atom stereocenters. The molecule has 2 rings (SSSR count). The summed E-state index contributed by atoms with van der Waals surface area (Å²) in [6.07, 6.45) is 3.38. The lowest BCUT2D eigenvalue weighted by molar-refractivity contribution is -0.689. The van der Waals surface area contributed by atoms with Gasteiger partial charge < -0.3 is 9.84 Å². The van der Waals surface area contributed by atoms with Crippen LogP contribution in [-0.2, 0) is 6.54 Å². The minimum absolute atomic E-state index is 0.498. The summed E-state index contributed by atoms with van der Waals surface area (Å²) in [5, 5.41) is 9.67. The summed E-state index contributed by atoms with van der Waals surface area (Å²) >= 11 is 0. The standard InChI is InChI=1S/C15H18NO2/c1-12(17)14-8-15(18-2)11-16(10-14)9-13-6-4-3-5-7-13/h3-8,10-12,17H,9H2,1-2H3/q+1/t12-/m0/s1. The number of aromatic nitrogens is 1. The molecule has 0 aliphatic heterocycles. The molecular weight excluding hydrogens is 226 g/mol. The quantitative estimate of drug-likeness (QED) is 0.835. The predicted octanol–water partition coefficient (Wildman–Crippen LogP) is 2.08. The van der Waals surface area contributed by atoms with Crippen molar-refractivity contribution in [3.05, 3.63) is 59.9 Å². The van der Waals surface area contributed by atoms with Crippen LogP contribution in [-0.4, -0.2) is 12.2 Å². The predicted molar refractivity (Wildman–Crippen MR) is 69.4 cm³/mol.